The first-order valence-corrected chi connectivity index (χ1v) is 26.4. The van der Waals surface area contributed by atoms with Gasteiger partial charge in [0, 0.05) is 19.4 Å². The summed E-state index contributed by atoms with van der Waals surface area (Å²) in [6.07, 6.45) is 73.9. The predicted octanol–water partition coefficient (Wildman–Crippen LogP) is 18.0. The first-order chi connectivity index (χ1) is 31.6. The van der Waals surface area contributed by atoms with Gasteiger partial charge in [0.05, 0.1) is 6.61 Å². The number of esters is 2. The minimum absolute atomic E-state index is 0.0469. The zero-order chi connectivity index (χ0) is 46.3. The molecule has 0 aliphatic heterocycles. The number of allylic oxidation sites excluding steroid dienone is 18. The maximum absolute atomic E-state index is 12.8. The summed E-state index contributed by atoms with van der Waals surface area (Å²) in [4.78, 5) is 25.4. The average molecular weight is 887 g/mol. The Balaban J connectivity index is 4.40. The lowest BCUT2D eigenvalue weighted by molar-refractivity contribution is -0.163. The van der Waals surface area contributed by atoms with Gasteiger partial charge in [0.2, 0.25) is 0 Å². The lowest BCUT2D eigenvalue weighted by atomic mass is 10.0. The Hall–Kier alpha value is -3.44. The quantitative estimate of drug-likeness (QED) is 0.0346. The molecule has 1 atom stereocenters. The molecule has 0 bridgehead atoms. The minimum atomic E-state index is -0.576. The number of rotatable bonds is 47. The molecular formula is C59H98O5. The second-order valence-electron chi connectivity index (χ2n) is 17.0. The van der Waals surface area contributed by atoms with E-state index in [1.165, 1.54) is 77.0 Å². The van der Waals surface area contributed by atoms with Gasteiger partial charge in [-0.3, -0.25) is 9.59 Å². The van der Waals surface area contributed by atoms with Crippen molar-refractivity contribution in [2.75, 3.05) is 19.8 Å². The molecule has 0 aliphatic carbocycles. The maximum Gasteiger partial charge on any atom is 0.306 e. The van der Waals surface area contributed by atoms with E-state index in [0.29, 0.717) is 19.4 Å². The summed E-state index contributed by atoms with van der Waals surface area (Å²) in [5.74, 6) is -0.484. The Morgan fingerprint density at radius 1 is 0.359 bits per heavy atom. The number of hydrogen-bond donors (Lipinski definition) is 0. The first-order valence-electron chi connectivity index (χ1n) is 26.4. The molecule has 0 aliphatic rings. The first kappa shape index (κ1) is 60.6. The SMILES string of the molecule is CC/C=C\C/C=C\C/C=C\C/C=C\C/C=C\CCCCCC(=O)OCC(COCCCCCCCCCCCCCCCC)OC(=O)CCCC/C=C\C/C=C\C/C=C\C/C=C\CC. The molecular weight excluding hydrogens is 789 g/mol. The lowest BCUT2D eigenvalue weighted by Crippen LogP contribution is -2.30. The molecule has 0 aromatic carbocycles. The van der Waals surface area contributed by atoms with Gasteiger partial charge in [-0.25, -0.2) is 0 Å². The summed E-state index contributed by atoms with van der Waals surface area (Å²) in [6.45, 7) is 7.52. The fourth-order valence-electron chi connectivity index (χ4n) is 6.94. The van der Waals surface area contributed by atoms with Gasteiger partial charge in [-0.1, -0.05) is 220 Å². The number of ether oxygens (including phenoxy) is 3. The zero-order valence-electron chi connectivity index (χ0n) is 41.8. The van der Waals surface area contributed by atoms with Crippen molar-refractivity contribution in [3.63, 3.8) is 0 Å². The number of carbonyl (C=O) groups is 2. The van der Waals surface area contributed by atoms with Gasteiger partial charge in [-0.2, -0.15) is 0 Å². The van der Waals surface area contributed by atoms with Gasteiger partial charge in [-0.15, -0.1) is 0 Å². The summed E-state index contributed by atoms with van der Waals surface area (Å²) < 4.78 is 17.4. The van der Waals surface area contributed by atoms with Crippen molar-refractivity contribution in [3.8, 4) is 0 Å². The highest BCUT2D eigenvalue weighted by Gasteiger charge is 2.17. The Kier molecular flexibility index (Phi) is 51.0. The molecule has 0 spiro atoms. The van der Waals surface area contributed by atoms with E-state index in [4.69, 9.17) is 14.2 Å². The van der Waals surface area contributed by atoms with Crippen LogP contribution in [-0.4, -0.2) is 37.9 Å². The van der Waals surface area contributed by atoms with Crippen LogP contribution >= 0.6 is 0 Å². The van der Waals surface area contributed by atoms with E-state index in [-0.39, 0.29) is 25.2 Å². The van der Waals surface area contributed by atoms with Gasteiger partial charge in [0.25, 0.3) is 0 Å². The van der Waals surface area contributed by atoms with E-state index >= 15 is 0 Å². The van der Waals surface area contributed by atoms with Gasteiger partial charge >= 0.3 is 11.9 Å². The Morgan fingerprint density at radius 3 is 1.14 bits per heavy atom. The number of unbranched alkanes of at least 4 members (excludes halogenated alkanes) is 18. The van der Waals surface area contributed by atoms with Gasteiger partial charge in [0.1, 0.15) is 6.61 Å². The third-order valence-electron chi connectivity index (χ3n) is 10.8. The molecule has 0 radical (unpaired) electrons. The van der Waals surface area contributed by atoms with Crippen molar-refractivity contribution >= 4 is 11.9 Å². The van der Waals surface area contributed by atoms with E-state index in [0.717, 1.165) is 116 Å². The van der Waals surface area contributed by atoms with E-state index < -0.39 is 6.10 Å². The number of carbonyl (C=O) groups excluding carboxylic acids is 2. The van der Waals surface area contributed by atoms with Gasteiger partial charge in [0.15, 0.2) is 6.10 Å². The predicted molar refractivity (Wildman–Crippen MR) is 279 cm³/mol. The van der Waals surface area contributed by atoms with Crippen LogP contribution in [0.2, 0.25) is 0 Å². The van der Waals surface area contributed by atoms with Crippen molar-refractivity contribution in [2.24, 2.45) is 0 Å². The Bertz CT molecular complexity index is 1280. The van der Waals surface area contributed by atoms with Crippen LogP contribution in [0.1, 0.15) is 226 Å². The normalized spacial score (nSPS) is 13.1. The van der Waals surface area contributed by atoms with E-state index in [2.05, 4.69) is 130 Å². The second-order valence-corrected chi connectivity index (χ2v) is 17.0. The molecule has 0 heterocycles. The monoisotopic (exact) mass is 887 g/mol. The highest BCUT2D eigenvalue weighted by atomic mass is 16.6. The molecule has 5 heteroatoms. The molecule has 0 fully saturated rings. The number of hydrogen-bond acceptors (Lipinski definition) is 5. The van der Waals surface area contributed by atoms with Crippen LogP contribution in [0.25, 0.3) is 0 Å². The lowest BCUT2D eigenvalue weighted by Gasteiger charge is -2.18. The van der Waals surface area contributed by atoms with Crippen molar-refractivity contribution in [3.05, 3.63) is 109 Å². The minimum Gasteiger partial charge on any atom is -0.462 e. The third-order valence-corrected chi connectivity index (χ3v) is 10.8. The van der Waals surface area contributed by atoms with Crippen molar-refractivity contribution < 1.29 is 23.8 Å². The van der Waals surface area contributed by atoms with Gasteiger partial charge < -0.3 is 14.2 Å². The molecule has 364 valence electrons. The molecule has 0 amide bonds. The highest BCUT2D eigenvalue weighted by molar-refractivity contribution is 5.70. The second kappa shape index (κ2) is 53.9. The van der Waals surface area contributed by atoms with Crippen molar-refractivity contribution in [1.82, 2.24) is 0 Å². The molecule has 0 rings (SSSR count). The molecule has 0 saturated carbocycles. The van der Waals surface area contributed by atoms with Crippen LogP contribution in [-0.2, 0) is 23.8 Å². The highest BCUT2D eigenvalue weighted by Crippen LogP contribution is 2.14. The van der Waals surface area contributed by atoms with Crippen LogP contribution in [0.15, 0.2) is 109 Å². The van der Waals surface area contributed by atoms with Crippen LogP contribution < -0.4 is 0 Å². The fraction of sp³-hybridized carbons (Fsp3) is 0.661. The van der Waals surface area contributed by atoms with E-state index in [1.54, 1.807) is 0 Å². The fourth-order valence-corrected chi connectivity index (χ4v) is 6.94. The standard InChI is InChI=1S/C59H98O5/c1-4-7-10-13-16-19-22-25-28-29-30-31-33-34-37-40-43-46-49-52-58(60)63-56-57(55-62-54-51-48-45-42-39-36-27-24-21-18-15-12-9-6-3)64-59(61)53-50-47-44-41-38-35-32-26-23-20-17-14-11-8-5-2/h7-8,10-11,16-17,19-20,25-26,28,30-32,34,37-38,41,57H,4-6,9,12-15,18,21-24,27,29,33,35-36,39-40,42-56H2,1-3H3/b10-7-,11-8-,19-16-,20-17-,28-25-,31-30-,32-26-,37-34-,41-38-. The Morgan fingerprint density at radius 2 is 0.703 bits per heavy atom. The topological polar surface area (TPSA) is 61.8 Å². The third kappa shape index (κ3) is 51.2. The maximum atomic E-state index is 12.8. The summed E-state index contributed by atoms with van der Waals surface area (Å²) >= 11 is 0. The van der Waals surface area contributed by atoms with Crippen molar-refractivity contribution in [2.45, 2.75) is 232 Å². The van der Waals surface area contributed by atoms with Crippen LogP contribution in [0, 0.1) is 0 Å². The zero-order valence-corrected chi connectivity index (χ0v) is 41.8. The molecule has 1 unspecified atom stereocenters. The van der Waals surface area contributed by atoms with E-state index in [9.17, 15) is 9.59 Å². The molecule has 0 saturated heterocycles. The Labute approximate surface area is 395 Å². The smallest absolute Gasteiger partial charge is 0.306 e. The molecule has 0 aromatic rings. The molecule has 0 N–H and O–H groups in total. The van der Waals surface area contributed by atoms with Crippen molar-refractivity contribution in [1.29, 1.82) is 0 Å². The summed E-state index contributed by atoms with van der Waals surface area (Å²) in [5, 5.41) is 0. The largest absolute Gasteiger partial charge is 0.462 e. The summed E-state index contributed by atoms with van der Waals surface area (Å²) in [7, 11) is 0. The summed E-state index contributed by atoms with van der Waals surface area (Å²) in [5.41, 5.74) is 0. The average Bonchev–Trinajstić information content (AvgIpc) is 3.30. The van der Waals surface area contributed by atoms with Gasteiger partial charge in [-0.05, 0) is 103 Å². The van der Waals surface area contributed by atoms with Crippen LogP contribution in [0.5, 0.6) is 0 Å². The molecule has 64 heavy (non-hydrogen) atoms. The van der Waals surface area contributed by atoms with Crippen LogP contribution in [0.4, 0.5) is 0 Å². The molecule has 5 nitrogen and oxygen atoms in total. The van der Waals surface area contributed by atoms with Crippen LogP contribution in [0.3, 0.4) is 0 Å². The molecule has 0 aromatic heterocycles. The summed E-state index contributed by atoms with van der Waals surface area (Å²) in [6, 6.07) is 0. The van der Waals surface area contributed by atoms with E-state index in [1.807, 2.05) is 0 Å².